The van der Waals surface area contributed by atoms with Crippen LogP contribution in [0.15, 0.2) is 0 Å². The Kier molecular flexibility index (Phi) is 4.60. The van der Waals surface area contributed by atoms with Crippen molar-refractivity contribution < 1.29 is 4.79 Å². The predicted octanol–water partition coefficient (Wildman–Crippen LogP) is 2.72. The highest BCUT2D eigenvalue weighted by Gasteiger charge is 2.31. The van der Waals surface area contributed by atoms with Crippen LogP contribution >= 0.6 is 0 Å². The van der Waals surface area contributed by atoms with Gasteiger partial charge in [0.1, 0.15) is 5.82 Å². The van der Waals surface area contributed by atoms with Crippen molar-refractivity contribution in [3.63, 3.8) is 0 Å². The third kappa shape index (κ3) is 3.85. The van der Waals surface area contributed by atoms with E-state index in [2.05, 4.69) is 40.9 Å². The number of carbonyl (C=O) groups excluding carboxylic acids is 1. The van der Waals surface area contributed by atoms with Gasteiger partial charge in [-0.05, 0) is 37.5 Å². The lowest BCUT2D eigenvalue weighted by molar-refractivity contribution is 0.174. The van der Waals surface area contributed by atoms with E-state index in [9.17, 15) is 4.79 Å². The summed E-state index contributed by atoms with van der Waals surface area (Å²) in [5, 5.41) is 11.6. The molecule has 6 heteroatoms. The molecular weight excluding hydrogens is 290 g/mol. The lowest BCUT2D eigenvalue weighted by atomic mass is 9.87. The summed E-state index contributed by atoms with van der Waals surface area (Å²) in [4.78, 5) is 14.6. The number of nitrogens with zero attached hydrogens (tertiary/aromatic N) is 4. The molecule has 1 saturated heterocycles. The first kappa shape index (κ1) is 16.3. The van der Waals surface area contributed by atoms with Crippen LogP contribution in [0, 0.1) is 5.41 Å². The van der Waals surface area contributed by atoms with Gasteiger partial charge in [-0.3, -0.25) is 0 Å². The van der Waals surface area contributed by atoms with Gasteiger partial charge in [-0.1, -0.05) is 20.8 Å². The zero-order valence-corrected chi connectivity index (χ0v) is 14.6. The van der Waals surface area contributed by atoms with Gasteiger partial charge in [0.2, 0.25) is 0 Å². The molecule has 0 spiro atoms. The number of amides is 2. The van der Waals surface area contributed by atoms with E-state index in [1.807, 2.05) is 4.90 Å². The van der Waals surface area contributed by atoms with Gasteiger partial charge >= 0.3 is 6.03 Å². The smallest absolute Gasteiger partial charge is 0.318 e. The second kappa shape index (κ2) is 6.49. The Morgan fingerprint density at radius 2 is 2.04 bits per heavy atom. The number of fused-ring (bicyclic) bond motifs is 1. The van der Waals surface area contributed by atoms with Gasteiger partial charge < -0.3 is 14.8 Å². The summed E-state index contributed by atoms with van der Waals surface area (Å²) < 4.78 is 2.17. The fraction of sp³-hybridized carbons (Fsp3) is 0.824. The van der Waals surface area contributed by atoms with Crippen molar-refractivity contribution in [3.05, 3.63) is 11.6 Å². The number of rotatable bonds is 3. The van der Waals surface area contributed by atoms with E-state index in [-0.39, 0.29) is 11.4 Å². The van der Waals surface area contributed by atoms with E-state index < -0.39 is 0 Å². The van der Waals surface area contributed by atoms with Crippen molar-refractivity contribution in [2.75, 3.05) is 6.54 Å². The summed E-state index contributed by atoms with van der Waals surface area (Å²) in [6.07, 6.45) is 6.64. The number of aromatic nitrogens is 3. The van der Waals surface area contributed by atoms with Crippen molar-refractivity contribution in [3.8, 4) is 0 Å². The molecule has 1 aromatic heterocycles. The number of likely N-dealkylation sites (tertiary alicyclic amines) is 1. The van der Waals surface area contributed by atoms with Crippen molar-refractivity contribution in [2.24, 2.45) is 5.41 Å². The van der Waals surface area contributed by atoms with E-state index in [0.717, 1.165) is 50.4 Å². The molecule has 1 fully saturated rings. The number of hydrogen-bond acceptors (Lipinski definition) is 3. The molecule has 1 atom stereocenters. The SMILES string of the molecule is CC(C)(C)CC1CCCN1C(=O)NCc1nnc2n1CCCC2. The number of carbonyl (C=O) groups is 1. The molecule has 1 aromatic rings. The standard InChI is InChI=1S/C17H29N5O/c1-17(2,3)11-13-7-6-10-21(13)16(23)18-12-15-20-19-14-8-4-5-9-22(14)15/h13H,4-12H2,1-3H3,(H,18,23). The third-order valence-corrected chi connectivity index (χ3v) is 4.82. The number of nitrogens with one attached hydrogen (secondary N) is 1. The molecular formula is C17H29N5O. The second-order valence-electron chi connectivity index (χ2n) is 8.05. The first-order valence-corrected chi connectivity index (χ1v) is 8.89. The van der Waals surface area contributed by atoms with E-state index in [1.54, 1.807) is 0 Å². The molecule has 2 aliphatic rings. The summed E-state index contributed by atoms with van der Waals surface area (Å²) in [5.74, 6) is 1.95. The van der Waals surface area contributed by atoms with Gasteiger partial charge in [0.25, 0.3) is 0 Å². The van der Waals surface area contributed by atoms with Crippen LogP contribution in [0.1, 0.15) is 64.5 Å². The Morgan fingerprint density at radius 3 is 2.83 bits per heavy atom. The summed E-state index contributed by atoms with van der Waals surface area (Å²) in [5.41, 5.74) is 0.250. The van der Waals surface area contributed by atoms with Gasteiger partial charge in [-0.25, -0.2) is 4.79 Å². The molecule has 2 aliphatic heterocycles. The number of hydrogen-bond donors (Lipinski definition) is 1. The largest absolute Gasteiger partial charge is 0.331 e. The molecule has 3 rings (SSSR count). The monoisotopic (exact) mass is 319 g/mol. The van der Waals surface area contributed by atoms with Crippen LogP contribution in [0.25, 0.3) is 0 Å². The van der Waals surface area contributed by atoms with Crippen LogP contribution in [-0.4, -0.2) is 38.3 Å². The Hall–Kier alpha value is -1.59. The first-order chi connectivity index (χ1) is 10.9. The minimum Gasteiger partial charge on any atom is -0.331 e. The molecule has 128 valence electrons. The minimum atomic E-state index is 0.0462. The summed E-state index contributed by atoms with van der Waals surface area (Å²) in [7, 11) is 0. The topological polar surface area (TPSA) is 63.1 Å². The quantitative estimate of drug-likeness (QED) is 0.932. The molecule has 6 nitrogen and oxygen atoms in total. The molecule has 3 heterocycles. The molecule has 0 saturated carbocycles. The highest BCUT2D eigenvalue weighted by molar-refractivity contribution is 5.74. The van der Waals surface area contributed by atoms with Crippen LogP contribution in [0.3, 0.4) is 0 Å². The number of aryl methyl sites for hydroxylation is 1. The van der Waals surface area contributed by atoms with Gasteiger partial charge in [-0.15, -0.1) is 10.2 Å². The zero-order chi connectivity index (χ0) is 16.4. The number of urea groups is 1. The molecule has 23 heavy (non-hydrogen) atoms. The van der Waals surface area contributed by atoms with Gasteiger partial charge in [-0.2, -0.15) is 0 Å². The van der Waals surface area contributed by atoms with Gasteiger partial charge in [0.05, 0.1) is 6.54 Å². The Balaban J connectivity index is 1.57. The highest BCUT2D eigenvalue weighted by atomic mass is 16.2. The maximum atomic E-state index is 12.6. The fourth-order valence-electron chi connectivity index (χ4n) is 3.78. The highest BCUT2D eigenvalue weighted by Crippen LogP contribution is 2.29. The molecule has 1 unspecified atom stereocenters. The average Bonchev–Trinajstić information content (AvgIpc) is 3.10. The van der Waals surface area contributed by atoms with E-state index in [4.69, 9.17) is 0 Å². The van der Waals surface area contributed by atoms with Crippen LogP contribution in [-0.2, 0) is 19.5 Å². The lowest BCUT2D eigenvalue weighted by Gasteiger charge is -2.30. The van der Waals surface area contributed by atoms with Gasteiger partial charge in [0, 0.05) is 25.6 Å². The summed E-state index contributed by atoms with van der Waals surface area (Å²) in [6, 6.07) is 0.409. The first-order valence-electron chi connectivity index (χ1n) is 8.89. The van der Waals surface area contributed by atoms with Crippen LogP contribution in [0.5, 0.6) is 0 Å². The molecule has 2 amide bonds. The molecule has 0 aliphatic carbocycles. The fourth-order valence-corrected chi connectivity index (χ4v) is 3.78. The van der Waals surface area contributed by atoms with Crippen molar-refractivity contribution >= 4 is 6.03 Å². The zero-order valence-electron chi connectivity index (χ0n) is 14.6. The van der Waals surface area contributed by atoms with E-state index >= 15 is 0 Å². The molecule has 0 bridgehead atoms. The molecule has 1 N–H and O–H groups in total. The predicted molar refractivity (Wildman–Crippen MR) is 89.0 cm³/mol. The van der Waals surface area contributed by atoms with Gasteiger partial charge in [0.15, 0.2) is 5.82 Å². The van der Waals surface area contributed by atoms with E-state index in [0.29, 0.717) is 12.6 Å². The second-order valence-corrected chi connectivity index (χ2v) is 8.05. The van der Waals surface area contributed by atoms with Crippen molar-refractivity contribution in [1.82, 2.24) is 25.0 Å². The molecule has 0 aromatic carbocycles. The van der Waals surface area contributed by atoms with Crippen molar-refractivity contribution in [2.45, 2.75) is 78.4 Å². The van der Waals surface area contributed by atoms with Crippen LogP contribution in [0.2, 0.25) is 0 Å². The molecule has 0 radical (unpaired) electrons. The minimum absolute atomic E-state index is 0.0462. The normalized spacial score (nSPS) is 21.3. The summed E-state index contributed by atoms with van der Waals surface area (Å²) in [6.45, 7) is 9.04. The Bertz CT molecular complexity index is 560. The lowest BCUT2D eigenvalue weighted by Crippen LogP contribution is -2.44. The maximum absolute atomic E-state index is 12.6. The third-order valence-electron chi connectivity index (χ3n) is 4.82. The van der Waals surface area contributed by atoms with Crippen molar-refractivity contribution in [1.29, 1.82) is 0 Å². The van der Waals surface area contributed by atoms with Crippen LogP contribution in [0.4, 0.5) is 4.79 Å². The average molecular weight is 319 g/mol. The van der Waals surface area contributed by atoms with E-state index in [1.165, 1.54) is 12.8 Å². The summed E-state index contributed by atoms with van der Waals surface area (Å²) >= 11 is 0. The maximum Gasteiger partial charge on any atom is 0.318 e. The van der Waals surface area contributed by atoms with Crippen LogP contribution < -0.4 is 5.32 Å². The Morgan fingerprint density at radius 1 is 1.22 bits per heavy atom. The Labute approximate surface area is 138 Å².